The molecule has 2 aromatic heterocycles. The van der Waals surface area contributed by atoms with E-state index in [0.29, 0.717) is 23.7 Å². The molecule has 0 fully saturated rings. The molecule has 3 rings (SSSR count). The molecule has 24 heavy (non-hydrogen) atoms. The van der Waals surface area contributed by atoms with Crippen molar-refractivity contribution in [2.24, 2.45) is 0 Å². The highest BCUT2D eigenvalue weighted by Crippen LogP contribution is 2.25. The van der Waals surface area contributed by atoms with E-state index in [-0.39, 0.29) is 6.61 Å². The number of aromatic nitrogens is 3. The highest BCUT2D eigenvalue weighted by molar-refractivity contribution is 5.85. The number of hydrogen-bond acceptors (Lipinski definition) is 5. The van der Waals surface area contributed by atoms with Gasteiger partial charge in [-0.05, 0) is 45.0 Å². The highest BCUT2D eigenvalue weighted by Gasteiger charge is 2.10. The van der Waals surface area contributed by atoms with Crippen LogP contribution in [0.25, 0.3) is 16.7 Å². The Morgan fingerprint density at radius 3 is 2.75 bits per heavy atom. The fourth-order valence-electron chi connectivity index (χ4n) is 2.54. The molecule has 0 aliphatic heterocycles. The van der Waals surface area contributed by atoms with Crippen molar-refractivity contribution in [1.82, 2.24) is 14.8 Å². The molecule has 0 aliphatic rings. The third kappa shape index (κ3) is 3.22. The van der Waals surface area contributed by atoms with E-state index < -0.39 is 5.97 Å². The van der Waals surface area contributed by atoms with E-state index >= 15 is 0 Å². The average molecular weight is 325 g/mol. The van der Waals surface area contributed by atoms with Gasteiger partial charge >= 0.3 is 5.97 Å². The summed E-state index contributed by atoms with van der Waals surface area (Å²) < 4.78 is 12.3. The molecule has 2 heterocycles. The van der Waals surface area contributed by atoms with Gasteiger partial charge in [0.25, 0.3) is 0 Å². The molecule has 0 atom stereocenters. The van der Waals surface area contributed by atoms with Crippen LogP contribution in [0.1, 0.15) is 18.3 Å². The first-order chi connectivity index (χ1) is 11.6. The summed E-state index contributed by atoms with van der Waals surface area (Å²) in [5.74, 6) is 0.855. The first-order valence-electron chi connectivity index (χ1n) is 7.80. The maximum Gasteiger partial charge on any atom is 0.344 e. The number of rotatable bonds is 5. The number of carbonyl (C=O) groups is 1. The van der Waals surface area contributed by atoms with E-state index in [2.05, 4.69) is 10.1 Å². The standard InChI is InChI=1S/C18H19N3O3/c1-4-23-17(22)11-24-15-7-5-6-14-8-9-16(19-18(14)15)21-13(3)10-12(2)20-21/h5-10H,4,11H2,1-3H3. The van der Waals surface area contributed by atoms with Gasteiger partial charge in [0.2, 0.25) is 0 Å². The van der Waals surface area contributed by atoms with Crippen molar-refractivity contribution in [3.63, 3.8) is 0 Å². The normalized spacial score (nSPS) is 10.8. The molecule has 6 nitrogen and oxygen atoms in total. The number of pyridine rings is 1. The number of hydrogen-bond donors (Lipinski definition) is 0. The van der Waals surface area contributed by atoms with Gasteiger partial charge in [-0.25, -0.2) is 14.5 Å². The molecule has 0 spiro atoms. The Bertz CT molecular complexity index is 886. The number of ether oxygens (including phenoxy) is 2. The quantitative estimate of drug-likeness (QED) is 0.675. The predicted octanol–water partition coefficient (Wildman–Crippen LogP) is 2.98. The minimum Gasteiger partial charge on any atom is -0.480 e. The Hall–Kier alpha value is -2.89. The molecule has 6 heteroatoms. The van der Waals surface area contributed by atoms with Crippen LogP contribution in [0.15, 0.2) is 36.4 Å². The van der Waals surface area contributed by atoms with Crippen LogP contribution >= 0.6 is 0 Å². The molecule has 124 valence electrons. The van der Waals surface area contributed by atoms with Gasteiger partial charge in [-0.1, -0.05) is 12.1 Å². The van der Waals surface area contributed by atoms with E-state index in [9.17, 15) is 4.79 Å². The second-order valence-electron chi connectivity index (χ2n) is 5.43. The largest absolute Gasteiger partial charge is 0.480 e. The lowest BCUT2D eigenvalue weighted by Crippen LogP contribution is -2.14. The second kappa shape index (κ2) is 6.70. The Morgan fingerprint density at radius 1 is 1.21 bits per heavy atom. The molecular weight excluding hydrogens is 306 g/mol. The van der Waals surface area contributed by atoms with Crippen LogP contribution in [-0.4, -0.2) is 33.9 Å². The van der Waals surface area contributed by atoms with Crippen molar-refractivity contribution in [2.75, 3.05) is 13.2 Å². The van der Waals surface area contributed by atoms with Crippen LogP contribution in [0, 0.1) is 13.8 Å². The topological polar surface area (TPSA) is 66.2 Å². The van der Waals surface area contributed by atoms with Crippen LogP contribution < -0.4 is 4.74 Å². The fraction of sp³-hybridized carbons (Fsp3) is 0.278. The van der Waals surface area contributed by atoms with Crippen molar-refractivity contribution in [3.8, 4) is 11.6 Å². The zero-order valence-electron chi connectivity index (χ0n) is 13.9. The number of nitrogens with zero attached hydrogens (tertiary/aromatic N) is 3. The summed E-state index contributed by atoms with van der Waals surface area (Å²) in [6, 6.07) is 11.5. The monoisotopic (exact) mass is 325 g/mol. The van der Waals surface area contributed by atoms with Crippen molar-refractivity contribution in [3.05, 3.63) is 47.8 Å². The van der Waals surface area contributed by atoms with Crippen LogP contribution in [-0.2, 0) is 9.53 Å². The smallest absolute Gasteiger partial charge is 0.344 e. The van der Waals surface area contributed by atoms with Crippen LogP contribution in [0.4, 0.5) is 0 Å². The summed E-state index contributed by atoms with van der Waals surface area (Å²) in [5.41, 5.74) is 2.62. The molecule has 0 unspecified atom stereocenters. The van der Waals surface area contributed by atoms with Crippen molar-refractivity contribution in [2.45, 2.75) is 20.8 Å². The number of para-hydroxylation sites is 1. The molecule has 0 amide bonds. The molecule has 0 aliphatic carbocycles. The van der Waals surface area contributed by atoms with Gasteiger partial charge in [0.1, 0.15) is 11.3 Å². The van der Waals surface area contributed by atoms with Gasteiger partial charge < -0.3 is 9.47 Å². The maximum absolute atomic E-state index is 11.5. The Morgan fingerprint density at radius 2 is 2.04 bits per heavy atom. The van der Waals surface area contributed by atoms with E-state index in [0.717, 1.165) is 16.8 Å². The Balaban J connectivity index is 1.97. The van der Waals surface area contributed by atoms with E-state index in [1.165, 1.54) is 0 Å². The van der Waals surface area contributed by atoms with Gasteiger partial charge in [-0.3, -0.25) is 0 Å². The number of esters is 1. The van der Waals surface area contributed by atoms with Crippen LogP contribution in [0.5, 0.6) is 5.75 Å². The summed E-state index contributed by atoms with van der Waals surface area (Å²) in [6.45, 7) is 5.88. The van der Waals surface area contributed by atoms with Crippen LogP contribution in [0.3, 0.4) is 0 Å². The first kappa shape index (κ1) is 16.0. The molecule has 0 radical (unpaired) electrons. The van der Waals surface area contributed by atoms with Gasteiger partial charge in [-0.15, -0.1) is 0 Å². The minimum atomic E-state index is -0.399. The molecule has 0 saturated heterocycles. The zero-order valence-corrected chi connectivity index (χ0v) is 13.9. The van der Waals surface area contributed by atoms with E-state index in [1.54, 1.807) is 17.7 Å². The lowest BCUT2D eigenvalue weighted by Gasteiger charge is -2.10. The first-order valence-corrected chi connectivity index (χ1v) is 7.80. The zero-order chi connectivity index (χ0) is 17.1. The SMILES string of the molecule is CCOC(=O)COc1cccc2ccc(-n3nc(C)cc3C)nc12. The van der Waals surface area contributed by atoms with Crippen LogP contribution in [0.2, 0.25) is 0 Å². The molecule has 0 N–H and O–H groups in total. The average Bonchev–Trinajstić information content (AvgIpc) is 2.91. The Kier molecular flexibility index (Phi) is 4.46. The predicted molar refractivity (Wildman–Crippen MR) is 90.5 cm³/mol. The molecule has 1 aromatic carbocycles. The van der Waals surface area contributed by atoms with Gasteiger partial charge in [0, 0.05) is 11.1 Å². The van der Waals surface area contributed by atoms with Crippen molar-refractivity contribution in [1.29, 1.82) is 0 Å². The lowest BCUT2D eigenvalue weighted by atomic mass is 10.2. The van der Waals surface area contributed by atoms with E-state index in [1.807, 2.05) is 44.2 Å². The fourth-order valence-corrected chi connectivity index (χ4v) is 2.54. The molecular formula is C18H19N3O3. The summed E-state index contributed by atoms with van der Waals surface area (Å²) in [4.78, 5) is 16.2. The summed E-state index contributed by atoms with van der Waals surface area (Å²) in [6.07, 6.45) is 0. The van der Waals surface area contributed by atoms with Crippen molar-refractivity contribution >= 4 is 16.9 Å². The van der Waals surface area contributed by atoms with Crippen molar-refractivity contribution < 1.29 is 14.3 Å². The summed E-state index contributed by atoms with van der Waals surface area (Å²) in [5, 5.41) is 5.39. The summed E-state index contributed by atoms with van der Waals surface area (Å²) in [7, 11) is 0. The molecule has 0 bridgehead atoms. The van der Waals surface area contributed by atoms with Gasteiger partial charge in [-0.2, -0.15) is 5.10 Å². The van der Waals surface area contributed by atoms with E-state index in [4.69, 9.17) is 9.47 Å². The lowest BCUT2D eigenvalue weighted by molar-refractivity contribution is -0.145. The third-order valence-electron chi connectivity index (χ3n) is 3.55. The second-order valence-corrected chi connectivity index (χ2v) is 5.43. The third-order valence-corrected chi connectivity index (χ3v) is 3.55. The number of benzene rings is 1. The van der Waals surface area contributed by atoms with Gasteiger partial charge in [0.15, 0.2) is 12.4 Å². The molecule has 3 aromatic rings. The highest BCUT2D eigenvalue weighted by atomic mass is 16.6. The number of fused-ring (bicyclic) bond motifs is 1. The molecule has 0 saturated carbocycles. The number of carbonyl (C=O) groups excluding carboxylic acids is 1. The van der Waals surface area contributed by atoms with Gasteiger partial charge in [0.05, 0.1) is 12.3 Å². The minimum absolute atomic E-state index is 0.140. The number of aryl methyl sites for hydroxylation is 2. The summed E-state index contributed by atoms with van der Waals surface area (Å²) >= 11 is 0. The Labute approximate surface area is 140 Å². The maximum atomic E-state index is 11.5.